The van der Waals surface area contributed by atoms with Gasteiger partial charge in [-0.3, -0.25) is 8.51 Å². The number of aryl methyl sites for hydroxylation is 3. The van der Waals surface area contributed by atoms with Crippen LogP contribution in [-0.4, -0.2) is 19.8 Å². The van der Waals surface area contributed by atoms with Gasteiger partial charge in [0, 0.05) is 0 Å². The molecule has 0 fully saturated rings. The summed E-state index contributed by atoms with van der Waals surface area (Å²) in [6, 6.07) is 21.7. The molecule has 0 bridgehead atoms. The van der Waals surface area contributed by atoms with Crippen molar-refractivity contribution in [1.29, 1.82) is 0 Å². The molecule has 3 aromatic carbocycles. The molecule has 0 aliphatic heterocycles. The molecule has 0 aliphatic rings. The van der Waals surface area contributed by atoms with Crippen LogP contribution in [0.1, 0.15) is 33.5 Å². The average molecular weight is 408 g/mol. The van der Waals surface area contributed by atoms with Crippen molar-refractivity contribution in [3.05, 3.63) is 95.1 Å². The van der Waals surface area contributed by atoms with Crippen molar-refractivity contribution in [3.8, 4) is 0 Å². The van der Waals surface area contributed by atoms with Gasteiger partial charge in [0.15, 0.2) is 0 Å². The van der Waals surface area contributed by atoms with Crippen molar-refractivity contribution in [2.75, 3.05) is 4.31 Å². The smallest absolute Gasteiger partial charge is 0.335 e. The van der Waals surface area contributed by atoms with Crippen LogP contribution in [0.3, 0.4) is 0 Å². The SMILES string of the molecule is Cc1ccc(N(c2ccccc2CCCc2ccccc2C(=O)O)S(=O)[O-])cc1. The fourth-order valence-corrected chi connectivity index (χ4v) is 3.95. The monoisotopic (exact) mass is 408 g/mol. The molecular formula is C23H22NO4S-. The predicted octanol–water partition coefficient (Wildman–Crippen LogP) is 4.80. The lowest BCUT2D eigenvalue weighted by molar-refractivity contribution is 0.0695. The van der Waals surface area contributed by atoms with Crippen molar-refractivity contribution in [3.63, 3.8) is 0 Å². The molecule has 29 heavy (non-hydrogen) atoms. The number of carbonyl (C=O) groups is 1. The third-order valence-electron chi connectivity index (χ3n) is 4.77. The lowest BCUT2D eigenvalue weighted by atomic mass is 9.99. The molecule has 1 N–H and O–H groups in total. The van der Waals surface area contributed by atoms with Crippen LogP contribution in [0.25, 0.3) is 0 Å². The second kappa shape index (κ2) is 9.49. The molecule has 1 atom stereocenters. The minimum absolute atomic E-state index is 0.308. The molecule has 6 heteroatoms. The number of hydrogen-bond donors (Lipinski definition) is 1. The number of nitrogens with zero attached hydrogens (tertiary/aromatic N) is 1. The third kappa shape index (κ3) is 5.10. The zero-order chi connectivity index (χ0) is 20.8. The van der Waals surface area contributed by atoms with Gasteiger partial charge in [0.2, 0.25) is 0 Å². The standard InChI is InChI=1S/C23H23NO4S/c1-17-13-15-20(16-14-17)24(29(27)28)22-12-5-3-8-19(22)10-6-9-18-7-2-4-11-21(18)23(25)26/h2-5,7-8,11-16H,6,9-10H2,1H3,(H,25,26)(H,27,28)/p-1. The van der Waals surface area contributed by atoms with Gasteiger partial charge < -0.3 is 9.66 Å². The second-order valence-electron chi connectivity index (χ2n) is 6.79. The number of rotatable bonds is 8. The summed E-state index contributed by atoms with van der Waals surface area (Å²) in [5.74, 6) is -0.937. The summed E-state index contributed by atoms with van der Waals surface area (Å²) in [7, 11) is 0. The molecule has 0 spiro atoms. The number of carboxylic acids is 1. The first-order valence-electron chi connectivity index (χ1n) is 9.32. The Balaban J connectivity index is 1.82. The Morgan fingerprint density at radius 1 is 0.931 bits per heavy atom. The average Bonchev–Trinajstić information content (AvgIpc) is 2.71. The Kier molecular flexibility index (Phi) is 6.80. The number of aromatic carboxylic acids is 1. The molecule has 150 valence electrons. The van der Waals surface area contributed by atoms with Crippen molar-refractivity contribution in [1.82, 2.24) is 0 Å². The zero-order valence-electron chi connectivity index (χ0n) is 16.1. The Labute approximate surface area is 173 Å². The molecule has 0 amide bonds. The summed E-state index contributed by atoms with van der Waals surface area (Å²) < 4.78 is 25.3. The van der Waals surface area contributed by atoms with Crippen LogP contribution in [0.5, 0.6) is 0 Å². The van der Waals surface area contributed by atoms with Gasteiger partial charge in [-0.15, -0.1) is 0 Å². The topological polar surface area (TPSA) is 80.7 Å². The van der Waals surface area contributed by atoms with Gasteiger partial charge in [-0.05, 0) is 61.6 Å². The maximum absolute atomic E-state index is 12.0. The summed E-state index contributed by atoms with van der Waals surface area (Å²) in [5.41, 5.74) is 4.22. The molecule has 0 radical (unpaired) electrons. The number of para-hydroxylation sites is 1. The zero-order valence-corrected chi connectivity index (χ0v) is 16.9. The normalized spacial score (nSPS) is 11.8. The van der Waals surface area contributed by atoms with Gasteiger partial charge in [-0.2, -0.15) is 0 Å². The fourth-order valence-electron chi connectivity index (χ4n) is 3.32. The first-order valence-corrected chi connectivity index (χ1v) is 10.4. The Bertz CT molecular complexity index is 1020. The minimum atomic E-state index is -2.47. The van der Waals surface area contributed by atoms with E-state index in [2.05, 4.69) is 0 Å². The third-order valence-corrected chi connectivity index (χ3v) is 5.47. The van der Waals surface area contributed by atoms with Gasteiger partial charge in [-0.25, -0.2) is 4.79 Å². The van der Waals surface area contributed by atoms with Crippen LogP contribution in [-0.2, 0) is 24.1 Å². The van der Waals surface area contributed by atoms with E-state index in [9.17, 15) is 18.7 Å². The molecule has 1 unspecified atom stereocenters. The van der Waals surface area contributed by atoms with Gasteiger partial charge in [0.25, 0.3) is 0 Å². The number of benzene rings is 3. The van der Waals surface area contributed by atoms with E-state index in [1.807, 2.05) is 49.4 Å². The highest BCUT2D eigenvalue weighted by Gasteiger charge is 2.15. The Morgan fingerprint density at radius 2 is 1.52 bits per heavy atom. The number of anilines is 2. The van der Waals surface area contributed by atoms with Crippen LogP contribution in [0.2, 0.25) is 0 Å². The van der Waals surface area contributed by atoms with E-state index >= 15 is 0 Å². The van der Waals surface area contributed by atoms with Crippen LogP contribution in [0, 0.1) is 6.92 Å². The maximum Gasteiger partial charge on any atom is 0.335 e. The van der Waals surface area contributed by atoms with E-state index in [-0.39, 0.29) is 0 Å². The van der Waals surface area contributed by atoms with E-state index < -0.39 is 17.2 Å². The highest BCUT2D eigenvalue weighted by molar-refractivity contribution is 7.81. The fraction of sp³-hybridized carbons (Fsp3) is 0.174. The van der Waals surface area contributed by atoms with Crippen LogP contribution in [0.4, 0.5) is 11.4 Å². The molecule has 0 heterocycles. The Morgan fingerprint density at radius 3 is 2.17 bits per heavy atom. The quantitative estimate of drug-likeness (QED) is 0.543. The second-order valence-corrected chi connectivity index (χ2v) is 7.59. The first-order chi connectivity index (χ1) is 14.0. The van der Waals surface area contributed by atoms with E-state index in [4.69, 9.17) is 0 Å². The molecule has 0 saturated carbocycles. The lowest BCUT2D eigenvalue weighted by Crippen LogP contribution is -2.21. The van der Waals surface area contributed by atoms with E-state index in [0.29, 0.717) is 36.2 Å². The molecule has 0 saturated heterocycles. The largest absolute Gasteiger partial charge is 0.755 e. The summed E-state index contributed by atoms with van der Waals surface area (Å²) in [5, 5.41) is 9.33. The van der Waals surface area contributed by atoms with Gasteiger partial charge in [0.1, 0.15) is 0 Å². The number of hydrogen-bond acceptors (Lipinski definition) is 3. The molecule has 3 aromatic rings. The van der Waals surface area contributed by atoms with Crippen molar-refractivity contribution < 1.29 is 18.7 Å². The molecule has 0 aliphatic carbocycles. The predicted molar refractivity (Wildman–Crippen MR) is 114 cm³/mol. The van der Waals surface area contributed by atoms with Crippen LogP contribution in [0.15, 0.2) is 72.8 Å². The highest BCUT2D eigenvalue weighted by atomic mass is 32.2. The van der Waals surface area contributed by atoms with Gasteiger partial charge >= 0.3 is 5.97 Å². The maximum atomic E-state index is 12.0. The van der Waals surface area contributed by atoms with Gasteiger partial charge in [-0.1, -0.05) is 54.1 Å². The summed E-state index contributed by atoms with van der Waals surface area (Å²) >= 11 is -2.47. The number of carboxylic acid groups (broad SMARTS) is 1. The lowest BCUT2D eigenvalue weighted by Gasteiger charge is -2.28. The first kappa shape index (κ1) is 20.8. The van der Waals surface area contributed by atoms with Crippen LogP contribution >= 0.6 is 0 Å². The van der Waals surface area contributed by atoms with Gasteiger partial charge in [0.05, 0.1) is 28.2 Å². The van der Waals surface area contributed by atoms with E-state index in [0.717, 1.165) is 16.7 Å². The van der Waals surface area contributed by atoms with E-state index in [1.54, 1.807) is 30.3 Å². The Hall–Kier alpha value is -2.96. The highest BCUT2D eigenvalue weighted by Crippen LogP contribution is 2.31. The summed E-state index contributed by atoms with van der Waals surface area (Å²) in [4.78, 5) is 11.4. The molecule has 5 nitrogen and oxygen atoms in total. The summed E-state index contributed by atoms with van der Waals surface area (Å²) in [6.45, 7) is 1.95. The van der Waals surface area contributed by atoms with E-state index in [1.165, 1.54) is 4.31 Å². The molecule has 3 rings (SSSR count). The van der Waals surface area contributed by atoms with Crippen LogP contribution < -0.4 is 4.31 Å². The minimum Gasteiger partial charge on any atom is -0.755 e. The van der Waals surface area contributed by atoms with Crippen molar-refractivity contribution in [2.45, 2.75) is 26.2 Å². The van der Waals surface area contributed by atoms with Crippen molar-refractivity contribution in [2.24, 2.45) is 0 Å². The summed E-state index contributed by atoms with van der Waals surface area (Å²) in [6.07, 6.45) is 1.93. The molecule has 0 aromatic heterocycles. The van der Waals surface area contributed by atoms with Crippen molar-refractivity contribution >= 4 is 28.6 Å². The molecular weight excluding hydrogens is 386 g/mol.